The van der Waals surface area contributed by atoms with Gasteiger partial charge < -0.3 is 15.2 Å². The van der Waals surface area contributed by atoms with Crippen LogP contribution in [0.2, 0.25) is 5.02 Å². The van der Waals surface area contributed by atoms with Crippen molar-refractivity contribution in [2.75, 3.05) is 12.4 Å². The van der Waals surface area contributed by atoms with Crippen LogP contribution in [0.25, 0.3) is 10.2 Å². The van der Waals surface area contributed by atoms with Crippen molar-refractivity contribution in [2.45, 2.75) is 13.5 Å². The molecule has 0 aliphatic heterocycles. The van der Waals surface area contributed by atoms with Crippen molar-refractivity contribution in [1.29, 1.82) is 0 Å². The third-order valence-electron chi connectivity index (χ3n) is 3.85. The average Bonchev–Trinajstić information content (AvgIpc) is 3.03. The van der Waals surface area contributed by atoms with E-state index in [1.807, 2.05) is 0 Å². The third kappa shape index (κ3) is 3.64. The number of methoxy groups -OCH3 is 1. The van der Waals surface area contributed by atoms with E-state index in [9.17, 15) is 19.5 Å². The molecular weight excluding hydrogens is 394 g/mol. The van der Waals surface area contributed by atoms with Crippen LogP contribution >= 0.6 is 22.9 Å². The number of ether oxygens (including phenoxy) is 1. The standard InChI is InChI=1S/C17H14ClN3O5S/c1-8-19-15-14(10(7-27-15)17(24)25)16(23)21(8)6-13(22)20-11-5-9(18)3-4-12(11)26-2/h3-5,7H,6H2,1-2H3,(H,20,22)(H,24,25). The Morgan fingerprint density at radius 2 is 2.15 bits per heavy atom. The number of thiophene rings is 1. The van der Waals surface area contributed by atoms with E-state index < -0.39 is 17.4 Å². The Hall–Kier alpha value is -2.91. The molecule has 0 aliphatic carbocycles. The Balaban J connectivity index is 1.96. The summed E-state index contributed by atoms with van der Waals surface area (Å²) in [5, 5.41) is 13.6. The molecule has 2 N–H and O–H groups in total. The molecule has 0 fully saturated rings. The van der Waals surface area contributed by atoms with E-state index in [0.29, 0.717) is 27.1 Å². The number of fused-ring (bicyclic) bond motifs is 1. The summed E-state index contributed by atoms with van der Waals surface area (Å²) in [6.07, 6.45) is 0. The normalized spacial score (nSPS) is 10.8. The molecule has 3 aromatic rings. The van der Waals surface area contributed by atoms with Crippen molar-refractivity contribution >= 4 is 50.7 Å². The van der Waals surface area contributed by atoms with Gasteiger partial charge >= 0.3 is 5.97 Å². The number of nitrogens with zero attached hydrogens (tertiary/aromatic N) is 2. The first kappa shape index (κ1) is 18.9. The highest BCUT2D eigenvalue weighted by molar-refractivity contribution is 7.17. The van der Waals surface area contributed by atoms with E-state index in [1.165, 1.54) is 18.6 Å². The van der Waals surface area contributed by atoms with Gasteiger partial charge in [0.1, 0.15) is 22.9 Å². The van der Waals surface area contributed by atoms with Crippen molar-refractivity contribution in [3.63, 3.8) is 0 Å². The number of anilines is 1. The average molecular weight is 408 g/mol. The Kier molecular flexibility index (Phi) is 5.15. The summed E-state index contributed by atoms with van der Waals surface area (Å²) in [4.78, 5) is 41.1. The number of benzene rings is 1. The van der Waals surface area contributed by atoms with Gasteiger partial charge in [-0.05, 0) is 25.1 Å². The van der Waals surface area contributed by atoms with E-state index in [-0.39, 0.29) is 17.5 Å². The minimum Gasteiger partial charge on any atom is -0.495 e. The van der Waals surface area contributed by atoms with Gasteiger partial charge in [0.05, 0.1) is 23.7 Å². The maximum absolute atomic E-state index is 12.7. The fourth-order valence-electron chi connectivity index (χ4n) is 2.58. The number of carbonyl (C=O) groups excluding carboxylic acids is 1. The lowest BCUT2D eigenvalue weighted by atomic mass is 10.2. The Labute approximate surface area is 162 Å². The Morgan fingerprint density at radius 1 is 1.41 bits per heavy atom. The number of nitrogens with one attached hydrogen (secondary N) is 1. The van der Waals surface area contributed by atoms with Crippen LogP contribution < -0.4 is 15.6 Å². The van der Waals surface area contributed by atoms with Crippen molar-refractivity contribution in [2.24, 2.45) is 0 Å². The number of aromatic carboxylic acids is 1. The first-order chi connectivity index (χ1) is 12.8. The molecule has 3 rings (SSSR count). The first-order valence-electron chi connectivity index (χ1n) is 7.67. The number of hydrogen-bond acceptors (Lipinski definition) is 6. The van der Waals surface area contributed by atoms with Crippen LogP contribution in [0.5, 0.6) is 5.75 Å². The first-order valence-corrected chi connectivity index (χ1v) is 8.93. The molecule has 0 atom stereocenters. The minimum atomic E-state index is -1.22. The molecule has 0 saturated heterocycles. The van der Waals surface area contributed by atoms with Crippen LogP contribution in [0.3, 0.4) is 0 Å². The lowest BCUT2D eigenvalue weighted by Gasteiger charge is -2.12. The molecule has 1 amide bonds. The molecule has 2 heterocycles. The molecule has 0 spiro atoms. The predicted octanol–water partition coefficient (Wildman–Crippen LogP) is 2.77. The van der Waals surface area contributed by atoms with Crippen LogP contribution in [0.1, 0.15) is 16.2 Å². The fourth-order valence-corrected chi connectivity index (χ4v) is 3.70. The zero-order chi connectivity index (χ0) is 19.7. The van der Waals surface area contributed by atoms with Gasteiger partial charge in [-0.15, -0.1) is 11.3 Å². The number of amides is 1. The van der Waals surface area contributed by atoms with Gasteiger partial charge in [0.2, 0.25) is 5.91 Å². The summed E-state index contributed by atoms with van der Waals surface area (Å²) < 4.78 is 6.30. The van der Waals surface area contributed by atoms with Crippen molar-refractivity contribution < 1.29 is 19.4 Å². The van der Waals surface area contributed by atoms with Crippen LogP contribution in [-0.4, -0.2) is 33.6 Å². The third-order valence-corrected chi connectivity index (χ3v) is 4.96. The monoisotopic (exact) mass is 407 g/mol. The van der Waals surface area contributed by atoms with Gasteiger partial charge in [0.15, 0.2) is 0 Å². The number of halogens is 1. The topological polar surface area (TPSA) is 111 Å². The highest BCUT2D eigenvalue weighted by atomic mass is 35.5. The molecule has 0 saturated carbocycles. The molecule has 140 valence electrons. The molecule has 2 aromatic heterocycles. The summed E-state index contributed by atoms with van der Waals surface area (Å²) in [7, 11) is 1.45. The SMILES string of the molecule is COc1ccc(Cl)cc1NC(=O)Cn1c(C)nc2scc(C(=O)O)c2c1=O. The largest absolute Gasteiger partial charge is 0.495 e. The maximum Gasteiger partial charge on any atom is 0.337 e. The molecule has 8 nitrogen and oxygen atoms in total. The van der Waals surface area contributed by atoms with Crippen LogP contribution in [0.15, 0.2) is 28.4 Å². The molecule has 27 heavy (non-hydrogen) atoms. The van der Waals surface area contributed by atoms with Gasteiger partial charge in [-0.2, -0.15) is 0 Å². The zero-order valence-corrected chi connectivity index (χ0v) is 15.8. The number of aromatic nitrogens is 2. The lowest BCUT2D eigenvalue weighted by molar-refractivity contribution is -0.116. The quantitative estimate of drug-likeness (QED) is 0.672. The summed E-state index contributed by atoms with van der Waals surface area (Å²) in [5.74, 6) is -1.01. The van der Waals surface area contributed by atoms with Crippen LogP contribution in [0, 0.1) is 6.92 Å². The zero-order valence-electron chi connectivity index (χ0n) is 14.3. The van der Waals surface area contributed by atoms with Gasteiger partial charge in [0.25, 0.3) is 5.56 Å². The van der Waals surface area contributed by atoms with E-state index in [0.717, 1.165) is 15.9 Å². The van der Waals surface area contributed by atoms with Gasteiger partial charge in [-0.3, -0.25) is 14.2 Å². The van der Waals surface area contributed by atoms with Crippen molar-refractivity contribution in [1.82, 2.24) is 9.55 Å². The second kappa shape index (κ2) is 7.37. The molecule has 0 radical (unpaired) electrons. The maximum atomic E-state index is 12.7. The molecule has 0 aliphatic rings. The van der Waals surface area contributed by atoms with Crippen molar-refractivity contribution in [3.8, 4) is 5.75 Å². The smallest absolute Gasteiger partial charge is 0.337 e. The lowest BCUT2D eigenvalue weighted by Crippen LogP contribution is -2.30. The molecule has 0 bridgehead atoms. The fraction of sp³-hybridized carbons (Fsp3) is 0.176. The molecule has 1 aromatic carbocycles. The van der Waals surface area contributed by atoms with Gasteiger partial charge in [-0.1, -0.05) is 11.6 Å². The second-order valence-corrected chi connectivity index (χ2v) is 6.87. The number of carboxylic acids is 1. The van der Waals surface area contributed by atoms with Crippen LogP contribution in [0.4, 0.5) is 5.69 Å². The second-order valence-electron chi connectivity index (χ2n) is 5.58. The van der Waals surface area contributed by atoms with E-state index in [1.54, 1.807) is 19.1 Å². The number of carbonyl (C=O) groups is 2. The van der Waals surface area contributed by atoms with E-state index >= 15 is 0 Å². The molecular formula is C17H14ClN3O5S. The number of hydrogen-bond donors (Lipinski definition) is 2. The number of carboxylic acid groups (broad SMARTS) is 1. The van der Waals surface area contributed by atoms with Gasteiger partial charge in [0, 0.05) is 10.4 Å². The summed E-state index contributed by atoms with van der Waals surface area (Å²) in [6.45, 7) is 1.24. The molecule has 10 heteroatoms. The highest BCUT2D eigenvalue weighted by Gasteiger charge is 2.19. The summed E-state index contributed by atoms with van der Waals surface area (Å²) >= 11 is 7.01. The predicted molar refractivity (Wildman–Crippen MR) is 102 cm³/mol. The summed E-state index contributed by atoms with van der Waals surface area (Å²) in [6, 6.07) is 4.75. The number of aryl methyl sites for hydroxylation is 1. The summed E-state index contributed by atoms with van der Waals surface area (Å²) in [5.41, 5.74) is -0.348. The molecule has 0 unspecified atom stereocenters. The van der Waals surface area contributed by atoms with Crippen LogP contribution in [-0.2, 0) is 11.3 Å². The Bertz CT molecular complexity index is 1120. The van der Waals surface area contributed by atoms with Gasteiger partial charge in [-0.25, -0.2) is 9.78 Å². The highest BCUT2D eigenvalue weighted by Crippen LogP contribution is 2.27. The van der Waals surface area contributed by atoms with E-state index in [4.69, 9.17) is 16.3 Å². The van der Waals surface area contributed by atoms with E-state index in [2.05, 4.69) is 10.3 Å². The number of rotatable bonds is 5. The Morgan fingerprint density at radius 3 is 2.81 bits per heavy atom. The minimum absolute atomic E-state index is 0.00811. The van der Waals surface area contributed by atoms with Crippen molar-refractivity contribution in [3.05, 3.63) is 50.3 Å².